The van der Waals surface area contributed by atoms with Crippen molar-refractivity contribution in [1.82, 2.24) is 4.98 Å². The second-order valence-electron chi connectivity index (χ2n) is 5.97. The van der Waals surface area contributed by atoms with Gasteiger partial charge < -0.3 is 10.1 Å². The largest absolute Gasteiger partial charge is 0.484 e. The molecule has 1 amide bonds. The molecular formula is C21H20N2O3S. The molecule has 5 nitrogen and oxygen atoms in total. The minimum absolute atomic E-state index is 0.0792. The van der Waals surface area contributed by atoms with Gasteiger partial charge in [0.1, 0.15) is 5.75 Å². The average Bonchev–Trinajstić information content (AvgIpc) is 3.13. The molecule has 0 saturated heterocycles. The van der Waals surface area contributed by atoms with Gasteiger partial charge in [-0.2, -0.15) is 0 Å². The molecule has 0 atom stereocenters. The van der Waals surface area contributed by atoms with Crippen LogP contribution in [0.2, 0.25) is 0 Å². The Balaban J connectivity index is 1.52. The molecule has 1 heterocycles. The number of benzene rings is 2. The molecule has 0 aliphatic carbocycles. The van der Waals surface area contributed by atoms with Crippen LogP contribution in [0.25, 0.3) is 11.3 Å². The predicted molar refractivity (Wildman–Crippen MR) is 107 cm³/mol. The second-order valence-corrected chi connectivity index (χ2v) is 7.03. The highest BCUT2D eigenvalue weighted by Gasteiger charge is 2.07. The zero-order valence-corrected chi connectivity index (χ0v) is 16.0. The first-order chi connectivity index (χ1) is 13.0. The Bertz CT molecular complexity index is 931. The topological polar surface area (TPSA) is 68.3 Å². The first-order valence-corrected chi connectivity index (χ1v) is 9.51. The van der Waals surface area contributed by atoms with Crippen molar-refractivity contribution in [1.29, 1.82) is 0 Å². The lowest BCUT2D eigenvalue weighted by atomic mass is 10.1. The van der Waals surface area contributed by atoms with Crippen LogP contribution < -0.4 is 10.1 Å². The van der Waals surface area contributed by atoms with Crippen LogP contribution >= 0.6 is 11.3 Å². The fourth-order valence-electron chi connectivity index (χ4n) is 2.51. The number of nitrogens with zero attached hydrogens (tertiary/aromatic N) is 1. The average molecular weight is 380 g/mol. The van der Waals surface area contributed by atoms with Crippen molar-refractivity contribution < 1.29 is 14.3 Å². The Morgan fingerprint density at radius 2 is 1.78 bits per heavy atom. The molecule has 1 N–H and O–H groups in total. The number of amides is 1. The van der Waals surface area contributed by atoms with Gasteiger partial charge in [-0.3, -0.25) is 9.59 Å². The van der Waals surface area contributed by atoms with E-state index in [2.05, 4.69) is 10.3 Å². The van der Waals surface area contributed by atoms with Gasteiger partial charge in [0.2, 0.25) is 0 Å². The Morgan fingerprint density at radius 1 is 1.07 bits per heavy atom. The van der Waals surface area contributed by atoms with E-state index in [-0.39, 0.29) is 18.3 Å². The maximum absolute atomic E-state index is 12.1. The Kier molecular flexibility index (Phi) is 5.98. The summed E-state index contributed by atoms with van der Waals surface area (Å²) >= 11 is 1.61. The van der Waals surface area contributed by atoms with Crippen LogP contribution in [0, 0.1) is 6.92 Å². The molecule has 6 heteroatoms. The lowest BCUT2D eigenvalue weighted by Gasteiger charge is -2.08. The van der Waals surface area contributed by atoms with Crippen LogP contribution in [0.1, 0.15) is 28.7 Å². The van der Waals surface area contributed by atoms with E-state index in [1.165, 1.54) is 0 Å². The van der Waals surface area contributed by atoms with Crippen molar-refractivity contribution in [2.75, 3.05) is 11.9 Å². The first kappa shape index (κ1) is 18.8. The van der Waals surface area contributed by atoms with Crippen LogP contribution in [0.15, 0.2) is 53.9 Å². The summed E-state index contributed by atoms with van der Waals surface area (Å²) in [6.45, 7) is 3.69. The Hall–Kier alpha value is -2.99. The summed E-state index contributed by atoms with van der Waals surface area (Å²) < 4.78 is 5.47. The van der Waals surface area contributed by atoms with Crippen LogP contribution in [0.4, 0.5) is 5.69 Å². The smallest absolute Gasteiger partial charge is 0.262 e. The summed E-state index contributed by atoms with van der Waals surface area (Å²) in [5, 5.41) is 5.83. The number of carbonyl (C=O) groups is 2. The van der Waals surface area contributed by atoms with Crippen molar-refractivity contribution in [3.05, 3.63) is 64.5 Å². The highest BCUT2D eigenvalue weighted by Crippen LogP contribution is 2.23. The minimum Gasteiger partial charge on any atom is -0.484 e. The lowest BCUT2D eigenvalue weighted by molar-refractivity contribution is -0.118. The molecule has 0 spiro atoms. The summed E-state index contributed by atoms with van der Waals surface area (Å²) in [5.74, 6) is 0.378. The van der Waals surface area contributed by atoms with Crippen molar-refractivity contribution >= 4 is 28.7 Å². The summed E-state index contributed by atoms with van der Waals surface area (Å²) in [7, 11) is 0. The normalized spacial score (nSPS) is 10.4. The van der Waals surface area contributed by atoms with Gasteiger partial charge in [0.25, 0.3) is 5.91 Å². The van der Waals surface area contributed by atoms with E-state index in [1.807, 2.05) is 43.5 Å². The Morgan fingerprint density at radius 3 is 2.37 bits per heavy atom. The molecule has 3 rings (SSSR count). The van der Waals surface area contributed by atoms with Gasteiger partial charge in [-0.15, -0.1) is 11.3 Å². The maximum atomic E-state index is 12.1. The van der Waals surface area contributed by atoms with Gasteiger partial charge in [-0.1, -0.05) is 19.1 Å². The number of hydrogen-bond acceptors (Lipinski definition) is 5. The van der Waals surface area contributed by atoms with Crippen molar-refractivity contribution in [3.8, 4) is 17.0 Å². The SMILES string of the molecule is CCC(=O)c1ccc(OCC(=O)Nc2ccc(-c3csc(C)n3)cc2)cc1. The molecule has 0 radical (unpaired) electrons. The van der Waals surface area contributed by atoms with Crippen LogP contribution in [0.5, 0.6) is 5.75 Å². The standard InChI is InChI=1S/C21H20N2O3S/c1-3-20(24)16-6-10-18(11-7-16)26-12-21(25)23-17-8-4-15(5-9-17)19-13-27-14(2)22-19/h4-11,13H,3,12H2,1-2H3,(H,23,25). The van der Waals surface area contributed by atoms with E-state index in [1.54, 1.807) is 35.6 Å². The number of aromatic nitrogens is 1. The van der Waals surface area contributed by atoms with E-state index >= 15 is 0 Å². The van der Waals surface area contributed by atoms with Crippen molar-refractivity contribution in [2.24, 2.45) is 0 Å². The molecule has 0 saturated carbocycles. The third kappa shape index (κ3) is 5.01. The number of Topliss-reactive ketones (excluding diaryl/α,β-unsaturated/α-hetero) is 1. The van der Waals surface area contributed by atoms with Gasteiger partial charge in [0, 0.05) is 28.6 Å². The monoisotopic (exact) mass is 380 g/mol. The third-order valence-electron chi connectivity index (χ3n) is 3.95. The van der Waals surface area contributed by atoms with Crippen molar-refractivity contribution in [3.63, 3.8) is 0 Å². The Labute approximate surface area is 162 Å². The van der Waals surface area contributed by atoms with Gasteiger partial charge in [0.15, 0.2) is 12.4 Å². The molecule has 0 aliphatic rings. The third-order valence-corrected chi connectivity index (χ3v) is 4.72. The van der Waals surface area contributed by atoms with E-state index < -0.39 is 0 Å². The quantitative estimate of drug-likeness (QED) is 0.602. The number of hydrogen-bond donors (Lipinski definition) is 1. The molecule has 2 aromatic carbocycles. The van der Waals surface area contributed by atoms with E-state index in [0.717, 1.165) is 16.3 Å². The van der Waals surface area contributed by atoms with E-state index in [0.29, 0.717) is 23.4 Å². The predicted octanol–water partition coefficient (Wildman–Crippen LogP) is 4.73. The molecule has 138 valence electrons. The zero-order chi connectivity index (χ0) is 19.2. The summed E-state index contributed by atoms with van der Waals surface area (Å²) in [6, 6.07) is 14.3. The molecule has 0 aliphatic heterocycles. The summed E-state index contributed by atoms with van der Waals surface area (Å²) in [6.07, 6.45) is 0.462. The summed E-state index contributed by atoms with van der Waals surface area (Å²) in [5.41, 5.74) is 3.28. The molecule has 0 unspecified atom stereocenters. The van der Waals surface area contributed by atoms with Crippen molar-refractivity contribution in [2.45, 2.75) is 20.3 Å². The molecular weight excluding hydrogens is 360 g/mol. The zero-order valence-electron chi connectivity index (χ0n) is 15.2. The fourth-order valence-corrected chi connectivity index (χ4v) is 3.13. The van der Waals surface area contributed by atoms with E-state index in [4.69, 9.17) is 4.74 Å². The van der Waals surface area contributed by atoms with E-state index in [9.17, 15) is 9.59 Å². The van der Waals surface area contributed by atoms with Crippen LogP contribution in [-0.4, -0.2) is 23.3 Å². The number of ketones is 1. The van der Waals surface area contributed by atoms with Gasteiger partial charge in [-0.05, 0) is 43.3 Å². The van der Waals surface area contributed by atoms with Crippen LogP contribution in [-0.2, 0) is 4.79 Å². The molecule has 1 aromatic heterocycles. The second kappa shape index (κ2) is 8.60. The number of aryl methyl sites for hydroxylation is 1. The lowest BCUT2D eigenvalue weighted by Crippen LogP contribution is -2.20. The highest BCUT2D eigenvalue weighted by atomic mass is 32.1. The minimum atomic E-state index is -0.249. The highest BCUT2D eigenvalue weighted by molar-refractivity contribution is 7.09. The molecule has 27 heavy (non-hydrogen) atoms. The number of rotatable bonds is 7. The number of thiazole rings is 1. The molecule has 0 fully saturated rings. The van der Waals surface area contributed by atoms with Gasteiger partial charge in [-0.25, -0.2) is 4.98 Å². The molecule has 0 bridgehead atoms. The number of ether oxygens (including phenoxy) is 1. The van der Waals surface area contributed by atoms with Crippen LogP contribution in [0.3, 0.4) is 0 Å². The number of carbonyl (C=O) groups excluding carboxylic acids is 2. The molecule has 3 aromatic rings. The first-order valence-electron chi connectivity index (χ1n) is 8.63. The fraction of sp³-hybridized carbons (Fsp3) is 0.190. The number of nitrogens with one attached hydrogen (secondary N) is 1. The number of anilines is 1. The summed E-state index contributed by atoms with van der Waals surface area (Å²) in [4.78, 5) is 28.1. The van der Waals surface area contributed by atoms with Gasteiger partial charge >= 0.3 is 0 Å². The van der Waals surface area contributed by atoms with Gasteiger partial charge in [0.05, 0.1) is 10.7 Å². The maximum Gasteiger partial charge on any atom is 0.262 e.